The summed E-state index contributed by atoms with van der Waals surface area (Å²) in [5, 5.41) is 3.53. The van der Waals surface area contributed by atoms with E-state index in [0.717, 1.165) is 24.2 Å². The van der Waals surface area contributed by atoms with Crippen LogP contribution in [0.3, 0.4) is 0 Å². The first-order valence-corrected chi connectivity index (χ1v) is 15.3. The number of piperazine rings is 1. The summed E-state index contributed by atoms with van der Waals surface area (Å²) >= 11 is 0. The molecule has 1 saturated heterocycles. The number of allylic oxidation sites excluding steroid dienone is 5. The number of hydrogen-bond donors (Lipinski definition) is 1. The zero-order chi connectivity index (χ0) is 32.7. The molecule has 240 valence electrons. The van der Waals surface area contributed by atoms with E-state index < -0.39 is 23.7 Å². The van der Waals surface area contributed by atoms with Crippen molar-refractivity contribution in [2.24, 2.45) is 0 Å². The molecule has 0 spiro atoms. The second-order valence-electron chi connectivity index (χ2n) is 11.4. The Morgan fingerprint density at radius 3 is 2.40 bits per heavy atom. The van der Waals surface area contributed by atoms with Gasteiger partial charge < -0.3 is 24.4 Å². The van der Waals surface area contributed by atoms with Crippen LogP contribution >= 0.6 is 0 Å². The van der Waals surface area contributed by atoms with E-state index in [-0.39, 0.29) is 28.5 Å². The minimum Gasteiger partial charge on any atom is -0.367 e. The molecule has 1 aliphatic rings. The van der Waals surface area contributed by atoms with Crippen LogP contribution in [0.1, 0.15) is 44.7 Å². The fourth-order valence-electron chi connectivity index (χ4n) is 5.50. The maximum atomic E-state index is 15.8. The third-order valence-electron chi connectivity index (χ3n) is 8.44. The normalized spacial score (nSPS) is 15.9. The maximum absolute atomic E-state index is 15.8. The molecule has 6 nitrogen and oxygen atoms in total. The van der Waals surface area contributed by atoms with Crippen molar-refractivity contribution in [3.8, 4) is 0 Å². The summed E-state index contributed by atoms with van der Waals surface area (Å²) in [5.74, 6) is -1.92. The van der Waals surface area contributed by atoms with Crippen LogP contribution in [0.25, 0.3) is 16.6 Å². The van der Waals surface area contributed by atoms with Crippen LogP contribution in [0.2, 0.25) is 0 Å². The summed E-state index contributed by atoms with van der Waals surface area (Å²) in [4.78, 5) is 18.3. The standard InChI is InChI=1S/C36H43F3N4O2/c1-7-10-12-25(9-3)19-34(45-6)40-35(24(4)8-2)28-23-43(22-27-29(37)13-11-14-30(27)38)32-21-33(31(39)20-26(32)36(28)44)42-17-15-41(5)16-18-42/h7,9-14,20-21,23,34,40H,1,8,15-19,22H2,2-6H3/b12-10-,25-9+,35-24?. The fourth-order valence-corrected chi connectivity index (χ4v) is 5.50. The molecule has 3 aromatic rings. The number of rotatable bonds is 12. The van der Waals surface area contributed by atoms with Crippen LogP contribution in [-0.2, 0) is 11.3 Å². The van der Waals surface area contributed by atoms with Gasteiger partial charge in [-0.25, -0.2) is 13.2 Å². The van der Waals surface area contributed by atoms with Crippen LogP contribution in [0.5, 0.6) is 0 Å². The molecule has 0 saturated carbocycles. The van der Waals surface area contributed by atoms with Crippen molar-refractivity contribution in [1.29, 1.82) is 0 Å². The molecule has 4 rings (SSSR count). The average Bonchev–Trinajstić information content (AvgIpc) is 3.04. The summed E-state index contributed by atoms with van der Waals surface area (Å²) in [6.07, 6.45) is 9.64. The predicted octanol–water partition coefficient (Wildman–Crippen LogP) is 7.00. The Morgan fingerprint density at radius 2 is 1.80 bits per heavy atom. The van der Waals surface area contributed by atoms with E-state index in [9.17, 15) is 13.6 Å². The summed E-state index contributed by atoms with van der Waals surface area (Å²) in [7, 11) is 3.59. The van der Waals surface area contributed by atoms with Gasteiger partial charge in [-0.3, -0.25) is 4.79 Å². The molecule has 0 amide bonds. The molecular formula is C36H43F3N4O2. The van der Waals surface area contributed by atoms with Gasteiger partial charge in [0.1, 0.15) is 23.7 Å². The highest BCUT2D eigenvalue weighted by Crippen LogP contribution is 2.29. The van der Waals surface area contributed by atoms with Gasteiger partial charge in [0.2, 0.25) is 0 Å². The molecule has 1 aromatic heterocycles. The highest BCUT2D eigenvalue weighted by Gasteiger charge is 2.23. The van der Waals surface area contributed by atoms with E-state index in [2.05, 4.69) is 16.8 Å². The van der Waals surface area contributed by atoms with Crippen molar-refractivity contribution in [2.45, 2.75) is 46.4 Å². The smallest absolute Gasteiger partial charge is 0.198 e. The van der Waals surface area contributed by atoms with Crippen molar-refractivity contribution in [1.82, 2.24) is 14.8 Å². The zero-order valence-electron chi connectivity index (χ0n) is 26.8. The van der Waals surface area contributed by atoms with E-state index in [1.54, 1.807) is 30.0 Å². The molecule has 2 heterocycles. The first-order chi connectivity index (χ1) is 21.6. The number of likely N-dealkylation sites (N-methyl/N-ethyl adjacent to an activating group) is 1. The van der Waals surface area contributed by atoms with E-state index in [1.807, 2.05) is 50.9 Å². The summed E-state index contributed by atoms with van der Waals surface area (Å²) < 4.78 is 53.1. The number of hydrogen-bond acceptors (Lipinski definition) is 5. The topological polar surface area (TPSA) is 49.7 Å². The molecular weight excluding hydrogens is 577 g/mol. The van der Waals surface area contributed by atoms with Crippen LogP contribution in [-0.4, -0.2) is 56.0 Å². The third kappa shape index (κ3) is 7.78. The third-order valence-corrected chi connectivity index (χ3v) is 8.44. The fraction of sp³-hybridized carbons (Fsp3) is 0.361. The molecule has 1 fully saturated rings. The second kappa shape index (κ2) is 15.3. The Bertz CT molecular complexity index is 1660. The van der Waals surface area contributed by atoms with Crippen LogP contribution in [0.4, 0.5) is 18.9 Å². The van der Waals surface area contributed by atoms with Crippen LogP contribution < -0.4 is 15.6 Å². The molecule has 1 N–H and O–H groups in total. The Labute approximate surface area is 263 Å². The lowest BCUT2D eigenvalue weighted by Gasteiger charge is -2.34. The van der Waals surface area contributed by atoms with Crippen molar-refractivity contribution in [3.63, 3.8) is 0 Å². The van der Waals surface area contributed by atoms with E-state index in [4.69, 9.17) is 4.74 Å². The maximum Gasteiger partial charge on any atom is 0.198 e. The Morgan fingerprint density at radius 1 is 1.11 bits per heavy atom. The molecule has 1 unspecified atom stereocenters. The summed E-state index contributed by atoms with van der Waals surface area (Å²) in [6, 6.07) is 6.61. The predicted molar refractivity (Wildman–Crippen MR) is 178 cm³/mol. The molecule has 1 aliphatic heterocycles. The minimum atomic E-state index is -0.700. The Hall–Kier alpha value is -4.08. The second-order valence-corrected chi connectivity index (χ2v) is 11.4. The molecule has 9 heteroatoms. The number of halogens is 3. The van der Waals surface area contributed by atoms with Gasteiger partial charge in [0.25, 0.3) is 0 Å². The van der Waals surface area contributed by atoms with Gasteiger partial charge in [0.15, 0.2) is 5.43 Å². The van der Waals surface area contributed by atoms with Crippen LogP contribution in [0, 0.1) is 17.5 Å². The van der Waals surface area contributed by atoms with Crippen molar-refractivity contribution < 1.29 is 17.9 Å². The first kappa shape index (κ1) is 33.8. The van der Waals surface area contributed by atoms with E-state index in [1.165, 1.54) is 24.3 Å². The molecule has 0 radical (unpaired) electrons. The molecule has 1 atom stereocenters. The lowest BCUT2D eigenvalue weighted by molar-refractivity contribution is 0.0892. The number of benzene rings is 2. The van der Waals surface area contributed by atoms with Crippen molar-refractivity contribution in [3.05, 3.63) is 117 Å². The summed E-state index contributed by atoms with van der Waals surface area (Å²) in [5.41, 5.74) is 2.87. The highest BCUT2D eigenvalue weighted by atomic mass is 19.1. The zero-order valence-corrected chi connectivity index (χ0v) is 26.8. The molecule has 45 heavy (non-hydrogen) atoms. The number of pyridine rings is 1. The van der Waals surface area contributed by atoms with E-state index >= 15 is 4.39 Å². The number of ether oxygens (including phenoxy) is 1. The number of methoxy groups -OCH3 is 1. The van der Waals surface area contributed by atoms with Gasteiger partial charge >= 0.3 is 0 Å². The SMILES string of the molecule is C=C/C=C\C(=C/C)CC(NC(=C(C)CC)c1cn(Cc2c(F)cccc2F)c2cc(N3CCN(C)CC3)c(F)cc2c1=O)OC. The number of anilines is 1. The van der Waals surface area contributed by atoms with Gasteiger partial charge in [-0.05, 0) is 62.7 Å². The van der Waals surface area contributed by atoms with Crippen LogP contribution in [0.15, 0.2) is 83.4 Å². The average molecular weight is 621 g/mol. The van der Waals surface area contributed by atoms with Gasteiger partial charge in [0, 0.05) is 62.6 Å². The van der Waals surface area contributed by atoms with Gasteiger partial charge in [0.05, 0.1) is 23.3 Å². The lowest BCUT2D eigenvalue weighted by Crippen LogP contribution is -2.44. The van der Waals surface area contributed by atoms with E-state index in [0.29, 0.717) is 42.8 Å². The van der Waals surface area contributed by atoms with Crippen molar-refractivity contribution >= 4 is 22.3 Å². The number of fused-ring (bicyclic) bond motifs is 1. The summed E-state index contributed by atoms with van der Waals surface area (Å²) in [6.45, 7) is 12.1. The Balaban J connectivity index is 1.91. The number of aromatic nitrogens is 1. The minimum absolute atomic E-state index is 0.125. The first-order valence-electron chi connectivity index (χ1n) is 15.3. The largest absolute Gasteiger partial charge is 0.367 e. The Kier molecular flexibility index (Phi) is 11.5. The quantitative estimate of drug-likeness (QED) is 0.175. The lowest BCUT2D eigenvalue weighted by atomic mass is 10.0. The molecule has 0 aliphatic carbocycles. The van der Waals surface area contributed by atoms with Gasteiger partial charge in [-0.1, -0.05) is 43.9 Å². The number of nitrogens with one attached hydrogen (secondary N) is 1. The molecule has 0 bridgehead atoms. The van der Waals surface area contributed by atoms with Gasteiger partial charge in [-0.2, -0.15) is 0 Å². The molecule has 2 aromatic carbocycles. The number of nitrogens with zero attached hydrogens (tertiary/aromatic N) is 3. The monoisotopic (exact) mass is 620 g/mol. The van der Waals surface area contributed by atoms with Crippen molar-refractivity contribution in [2.75, 3.05) is 45.2 Å². The van der Waals surface area contributed by atoms with Gasteiger partial charge in [-0.15, -0.1) is 0 Å². The highest BCUT2D eigenvalue weighted by molar-refractivity contribution is 5.86.